The molecular formula is C34H26. The first-order chi connectivity index (χ1) is 16.8. The molecule has 5 rings (SSSR count). The van der Waals surface area contributed by atoms with E-state index < -0.39 is 0 Å². The minimum Gasteiger partial charge on any atom is -0.0622 e. The van der Waals surface area contributed by atoms with Gasteiger partial charge in [0.1, 0.15) is 0 Å². The summed E-state index contributed by atoms with van der Waals surface area (Å²) in [5.41, 5.74) is 9.73. The zero-order chi connectivity index (χ0) is 23.0. The Morgan fingerprint density at radius 1 is 0.235 bits per heavy atom. The third-order valence-electron chi connectivity index (χ3n) is 5.91. The van der Waals surface area contributed by atoms with Crippen molar-refractivity contribution in [3.63, 3.8) is 0 Å². The van der Waals surface area contributed by atoms with Crippen LogP contribution in [-0.4, -0.2) is 0 Å². The van der Waals surface area contributed by atoms with Gasteiger partial charge in [0.05, 0.1) is 0 Å². The van der Waals surface area contributed by atoms with Crippen molar-refractivity contribution in [2.24, 2.45) is 0 Å². The van der Waals surface area contributed by atoms with Crippen molar-refractivity contribution < 1.29 is 0 Å². The lowest BCUT2D eigenvalue weighted by molar-refractivity contribution is 1.58. The van der Waals surface area contributed by atoms with E-state index in [1.165, 1.54) is 44.5 Å². The topological polar surface area (TPSA) is 0 Å². The smallest absolute Gasteiger partial charge is 0.0184 e. The number of hydrogen-bond acceptors (Lipinski definition) is 0. The van der Waals surface area contributed by atoms with Gasteiger partial charge in [0.15, 0.2) is 0 Å². The van der Waals surface area contributed by atoms with Gasteiger partial charge in [-0.25, -0.2) is 0 Å². The molecule has 0 heterocycles. The van der Waals surface area contributed by atoms with E-state index in [-0.39, 0.29) is 0 Å². The van der Waals surface area contributed by atoms with Crippen molar-refractivity contribution in [1.29, 1.82) is 0 Å². The third-order valence-corrected chi connectivity index (χ3v) is 5.91. The molecule has 0 heteroatoms. The lowest BCUT2D eigenvalue weighted by atomic mass is 10.0. The summed E-state index contributed by atoms with van der Waals surface area (Å²) in [4.78, 5) is 0. The molecule has 0 unspecified atom stereocenters. The highest BCUT2D eigenvalue weighted by atomic mass is 14.0. The largest absolute Gasteiger partial charge is 0.0622 e. The van der Waals surface area contributed by atoms with Crippen LogP contribution in [0.5, 0.6) is 0 Å². The van der Waals surface area contributed by atoms with Crippen molar-refractivity contribution in [3.8, 4) is 22.3 Å². The van der Waals surface area contributed by atoms with Gasteiger partial charge in [-0.2, -0.15) is 0 Å². The molecule has 0 saturated heterocycles. The average Bonchev–Trinajstić information content (AvgIpc) is 2.93. The predicted octanol–water partition coefficient (Wildman–Crippen LogP) is 9.36. The SMILES string of the molecule is C(=C\c1ccc(-c2ccc(/C=C/c3ccc(-c4ccccc4)cc3)cc2)cc1)/c1ccccc1. The van der Waals surface area contributed by atoms with E-state index in [1.54, 1.807) is 0 Å². The van der Waals surface area contributed by atoms with E-state index in [0.717, 1.165) is 0 Å². The highest BCUT2D eigenvalue weighted by molar-refractivity contribution is 5.75. The fourth-order valence-electron chi connectivity index (χ4n) is 3.94. The maximum atomic E-state index is 2.19. The fourth-order valence-corrected chi connectivity index (χ4v) is 3.94. The Morgan fingerprint density at radius 2 is 0.500 bits per heavy atom. The molecule has 0 aromatic heterocycles. The summed E-state index contributed by atoms with van der Waals surface area (Å²) >= 11 is 0. The summed E-state index contributed by atoms with van der Waals surface area (Å²) < 4.78 is 0. The second kappa shape index (κ2) is 10.5. The Labute approximate surface area is 202 Å². The first-order valence-electron chi connectivity index (χ1n) is 11.6. The van der Waals surface area contributed by atoms with Crippen molar-refractivity contribution >= 4 is 24.3 Å². The van der Waals surface area contributed by atoms with Gasteiger partial charge in [0, 0.05) is 0 Å². The van der Waals surface area contributed by atoms with Gasteiger partial charge in [-0.15, -0.1) is 0 Å². The van der Waals surface area contributed by atoms with Gasteiger partial charge in [0.2, 0.25) is 0 Å². The standard InChI is InChI=1S/C34H26/c1-3-7-27(8-4-1)11-12-28-17-23-33(24-18-28)34-25-19-30(20-26-34)14-13-29-15-21-32(22-16-29)31-9-5-2-6-10-31/h1-26H/b12-11+,14-13+. The quantitative estimate of drug-likeness (QED) is 0.234. The maximum Gasteiger partial charge on any atom is -0.0184 e. The highest BCUT2D eigenvalue weighted by Crippen LogP contribution is 2.23. The van der Waals surface area contributed by atoms with Gasteiger partial charge in [-0.3, -0.25) is 0 Å². The molecular weight excluding hydrogens is 408 g/mol. The molecule has 0 bridgehead atoms. The van der Waals surface area contributed by atoms with Gasteiger partial charge < -0.3 is 0 Å². The van der Waals surface area contributed by atoms with Gasteiger partial charge in [-0.05, 0) is 44.5 Å². The molecule has 0 aliphatic heterocycles. The Kier molecular flexibility index (Phi) is 6.59. The second-order valence-electron chi connectivity index (χ2n) is 8.31. The monoisotopic (exact) mass is 434 g/mol. The lowest BCUT2D eigenvalue weighted by Gasteiger charge is -2.04. The van der Waals surface area contributed by atoms with E-state index in [1.807, 2.05) is 12.1 Å². The molecule has 0 atom stereocenters. The molecule has 0 nitrogen and oxygen atoms in total. The highest BCUT2D eigenvalue weighted by Gasteiger charge is 1.99. The Bertz CT molecular complexity index is 1370. The average molecular weight is 435 g/mol. The molecule has 0 radical (unpaired) electrons. The van der Waals surface area contributed by atoms with E-state index in [0.29, 0.717) is 0 Å². The summed E-state index contributed by atoms with van der Waals surface area (Å²) in [6.07, 6.45) is 8.63. The second-order valence-corrected chi connectivity index (χ2v) is 8.31. The van der Waals surface area contributed by atoms with Gasteiger partial charge in [-0.1, -0.05) is 158 Å². The normalized spacial score (nSPS) is 11.3. The summed E-state index contributed by atoms with van der Waals surface area (Å²) in [5.74, 6) is 0. The van der Waals surface area contributed by atoms with Crippen molar-refractivity contribution in [1.82, 2.24) is 0 Å². The summed E-state index contributed by atoms with van der Waals surface area (Å²) in [6, 6.07) is 47.0. The van der Waals surface area contributed by atoms with Crippen LogP contribution in [0.25, 0.3) is 46.6 Å². The van der Waals surface area contributed by atoms with Crippen LogP contribution in [0.2, 0.25) is 0 Å². The fraction of sp³-hybridized carbons (Fsp3) is 0. The molecule has 162 valence electrons. The van der Waals surface area contributed by atoms with Crippen molar-refractivity contribution in [2.45, 2.75) is 0 Å². The molecule has 0 fully saturated rings. The van der Waals surface area contributed by atoms with Crippen LogP contribution in [0.4, 0.5) is 0 Å². The Hall–Kier alpha value is -4.42. The zero-order valence-electron chi connectivity index (χ0n) is 19.0. The van der Waals surface area contributed by atoms with Crippen LogP contribution in [0.3, 0.4) is 0 Å². The predicted molar refractivity (Wildman–Crippen MR) is 148 cm³/mol. The van der Waals surface area contributed by atoms with Crippen molar-refractivity contribution in [3.05, 3.63) is 156 Å². The van der Waals surface area contributed by atoms with E-state index in [9.17, 15) is 0 Å². The molecule has 5 aromatic carbocycles. The number of hydrogen-bond donors (Lipinski definition) is 0. The van der Waals surface area contributed by atoms with Gasteiger partial charge in [0.25, 0.3) is 0 Å². The molecule has 34 heavy (non-hydrogen) atoms. The molecule has 0 aliphatic rings. The zero-order valence-corrected chi connectivity index (χ0v) is 19.0. The molecule has 5 aromatic rings. The molecule has 0 N–H and O–H groups in total. The van der Waals surface area contributed by atoms with Gasteiger partial charge >= 0.3 is 0 Å². The lowest BCUT2D eigenvalue weighted by Crippen LogP contribution is -1.80. The molecule has 0 spiro atoms. The van der Waals surface area contributed by atoms with Crippen LogP contribution in [0, 0.1) is 0 Å². The molecule has 0 amide bonds. The molecule has 0 saturated carbocycles. The van der Waals surface area contributed by atoms with Crippen LogP contribution >= 0.6 is 0 Å². The van der Waals surface area contributed by atoms with Crippen LogP contribution in [0.15, 0.2) is 133 Å². The third kappa shape index (κ3) is 5.49. The Balaban J connectivity index is 1.23. The minimum absolute atomic E-state index is 1.19. The first-order valence-corrected chi connectivity index (χ1v) is 11.6. The van der Waals surface area contributed by atoms with Crippen molar-refractivity contribution in [2.75, 3.05) is 0 Å². The first kappa shape index (κ1) is 21.4. The van der Waals surface area contributed by atoms with E-state index in [2.05, 4.69) is 146 Å². The Morgan fingerprint density at radius 3 is 0.853 bits per heavy atom. The minimum atomic E-state index is 1.19. The number of rotatable bonds is 6. The number of benzene rings is 5. The summed E-state index contributed by atoms with van der Waals surface area (Å²) in [5, 5.41) is 0. The summed E-state index contributed by atoms with van der Waals surface area (Å²) in [6.45, 7) is 0. The molecule has 0 aliphatic carbocycles. The van der Waals surface area contributed by atoms with Crippen LogP contribution in [0.1, 0.15) is 22.3 Å². The van der Waals surface area contributed by atoms with Crippen LogP contribution in [-0.2, 0) is 0 Å². The maximum absolute atomic E-state index is 2.19. The van der Waals surface area contributed by atoms with E-state index >= 15 is 0 Å². The van der Waals surface area contributed by atoms with E-state index in [4.69, 9.17) is 0 Å². The summed E-state index contributed by atoms with van der Waals surface area (Å²) in [7, 11) is 0. The van der Waals surface area contributed by atoms with Crippen LogP contribution < -0.4 is 0 Å².